The van der Waals surface area contributed by atoms with Crippen LogP contribution in [0.5, 0.6) is 0 Å². The summed E-state index contributed by atoms with van der Waals surface area (Å²) in [5.74, 6) is 0. The topological polar surface area (TPSA) is 22.1 Å². The Morgan fingerprint density at radius 2 is 2.11 bits per heavy atom. The van der Waals surface area contributed by atoms with Crippen molar-refractivity contribution in [3.63, 3.8) is 0 Å². The highest BCUT2D eigenvalue weighted by molar-refractivity contribution is 6.07. The van der Waals surface area contributed by atoms with E-state index in [4.69, 9.17) is 11.9 Å². The first-order chi connectivity index (χ1) is 4.43. The van der Waals surface area contributed by atoms with Gasteiger partial charge in [-0.2, -0.15) is 0 Å². The summed E-state index contributed by atoms with van der Waals surface area (Å²) in [6.45, 7) is 0.435. The summed E-state index contributed by atoms with van der Waals surface area (Å²) in [5, 5.41) is 0. The summed E-state index contributed by atoms with van der Waals surface area (Å²) < 4.78 is 4.37. The van der Waals surface area contributed by atoms with Crippen LogP contribution in [0.25, 0.3) is 0 Å². The molecule has 0 aromatic carbocycles. The van der Waals surface area contributed by atoms with Crippen molar-refractivity contribution >= 4 is 11.9 Å². The van der Waals surface area contributed by atoms with Crippen molar-refractivity contribution in [2.45, 2.75) is 6.61 Å². The molecule has 0 saturated carbocycles. The van der Waals surface area contributed by atoms with Crippen molar-refractivity contribution in [2.24, 2.45) is 0 Å². The van der Waals surface area contributed by atoms with Gasteiger partial charge in [-0.1, -0.05) is 0 Å². The molecule has 1 rings (SSSR count). The van der Waals surface area contributed by atoms with Gasteiger partial charge in [0.25, 0.3) is 0 Å². The summed E-state index contributed by atoms with van der Waals surface area (Å²) in [7, 11) is 0. The zero-order valence-electron chi connectivity index (χ0n) is 4.75. The normalized spacial score (nSPS) is 9.44. The number of nitrogens with zero attached hydrogens (tertiary/aromatic N) is 1. The van der Waals surface area contributed by atoms with Gasteiger partial charge in [0, 0.05) is 12.4 Å². The molecule has 0 radical (unpaired) electrons. The van der Waals surface area contributed by atoms with Crippen molar-refractivity contribution in [1.29, 1.82) is 0 Å². The third-order valence-electron chi connectivity index (χ3n) is 0.971. The van der Waals surface area contributed by atoms with Crippen molar-refractivity contribution < 1.29 is 4.29 Å². The maximum absolute atomic E-state index is 5.02. The molecule has 1 aromatic rings. The number of pyridine rings is 1. The molecule has 0 atom stereocenters. The van der Waals surface area contributed by atoms with Crippen molar-refractivity contribution in [3.05, 3.63) is 30.1 Å². The number of rotatable bonds is 2. The highest BCUT2D eigenvalue weighted by Gasteiger charge is 1.86. The maximum atomic E-state index is 5.02. The predicted molar refractivity (Wildman–Crippen MR) is 34.9 cm³/mol. The molecule has 9 heavy (non-hydrogen) atoms. The zero-order valence-corrected chi connectivity index (χ0v) is 5.51. The van der Waals surface area contributed by atoms with Gasteiger partial charge in [-0.25, -0.2) is 0 Å². The molecule has 0 N–H and O–H groups in total. The Morgan fingerprint density at radius 1 is 1.44 bits per heavy atom. The minimum Gasteiger partial charge on any atom is -0.274 e. The van der Waals surface area contributed by atoms with Crippen LogP contribution in [-0.4, -0.2) is 4.98 Å². The van der Waals surface area contributed by atoms with E-state index in [1.165, 1.54) is 0 Å². The van der Waals surface area contributed by atoms with Gasteiger partial charge in [-0.05, 0) is 17.7 Å². The van der Waals surface area contributed by atoms with Crippen molar-refractivity contribution in [3.8, 4) is 0 Å². The van der Waals surface area contributed by atoms with E-state index in [2.05, 4.69) is 9.27 Å². The molecular formula is C6H6ClNO. The van der Waals surface area contributed by atoms with Crippen molar-refractivity contribution in [1.82, 2.24) is 4.98 Å². The molecule has 0 amide bonds. The van der Waals surface area contributed by atoms with E-state index < -0.39 is 0 Å². The summed E-state index contributed by atoms with van der Waals surface area (Å²) in [6, 6.07) is 3.70. The molecule has 2 nitrogen and oxygen atoms in total. The van der Waals surface area contributed by atoms with Crippen LogP contribution in [0.15, 0.2) is 24.5 Å². The van der Waals surface area contributed by atoms with Crippen LogP contribution in [-0.2, 0) is 10.9 Å². The fourth-order valence-electron chi connectivity index (χ4n) is 0.542. The second-order valence-corrected chi connectivity index (χ2v) is 1.83. The lowest BCUT2D eigenvalue weighted by atomic mass is 10.3. The summed E-state index contributed by atoms with van der Waals surface area (Å²) in [6.07, 6.45) is 3.40. The van der Waals surface area contributed by atoms with Gasteiger partial charge in [-0.15, -0.1) is 0 Å². The van der Waals surface area contributed by atoms with Crippen LogP contribution in [0.2, 0.25) is 0 Å². The van der Waals surface area contributed by atoms with Gasteiger partial charge in [0.1, 0.15) is 0 Å². The SMILES string of the molecule is ClOCc1ccncc1. The Bertz CT molecular complexity index is 166. The highest BCUT2D eigenvalue weighted by Crippen LogP contribution is 1.98. The van der Waals surface area contributed by atoms with Crippen LogP contribution in [0.4, 0.5) is 0 Å². The summed E-state index contributed by atoms with van der Waals surface area (Å²) in [5.41, 5.74) is 1.03. The molecule has 0 spiro atoms. The third-order valence-corrected chi connectivity index (χ3v) is 1.08. The first kappa shape index (κ1) is 6.52. The van der Waals surface area contributed by atoms with Crippen LogP contribution >= 0.6 is 11.9 Å². The standard InChI is InChI=1S/C6H6ClNO/c7-9-5-6-1-3-8-4-2-6/h1-4H,5H2. The second-order valence-electron chi connectivity index (χ2n) is 1.61. The quantitative estimate of drug-likeness (QED) is 0.629. The van der Waals surface area contributed by atoms with E-state index in [0.29, 0.717) is 6.61 Å². The number of hydrogen-bond donors (Lipinski definition) is 0. The van der Waals surface area contributed by atoms with E-state index in [1.54, 1.807) is 12.4 Å². The maximum Gasteiger partial charge on any atom is 0.0934 e. The smallest absolute Gasteiger partial charge is 0.0934 e. The molecule has 0 saturated heterocycles. The highest BCUT2D eigenvalue weighted by atomic mass is 35.5. The fourth-order valence-corrected chi connectivity index (χ4v) is 0.668. The van der Waals surface area contributed by atoms with Gasteiger partial charge >= 0.3 is 0 Å². The number of aromatic nitrogens is 1. The van der Waals surface area contributed by atoms with Crippen LogP contribution < -0.4 is 0 Å². The fraction of sp³-hybridized carbons (Fsp3) is 0.167. The average Bonchev–Trinajstić information content (AvgIpc) is 1.91. The van der Waals surface area contributed by atoms with Gasteiger partial charge in [0.2, 0.25) is 0 Å². The molecule has 0 unspecified atom stereocenters. The molecule has 0 aliphatic heterocycles. The van der Waals surface area contributed by atoms with Crippen molar-refractivity contribution in [2.75, 3.05) is 0 Å². The molecule has 1 aromatic heterocycles. The first-order valence-electron chi connectivity index (χ1n) is 2.56. The Labute approximate surface area is 58.6 Å². The van der Waals surface area contributed by atoms with E-state index in [1.807, 2.05) is 12.1 Å². The Morgan fingerprint density at radius 3 is 2.67 bits per heavy atom. The monoisotopic (exact) mass is 143 g/mol. The molecule has 48 valence electrons. The Kier molecular flexibility index (Phi) is 2.48. The van der Waals surface area contributed by atoms with Gasteiger partial charge in [-0.3, -0.25) is 9.27 Å². The van der Waals surface area contributed by atoms with Crippen LogP contribution in [0.1, 0.15) is 5.56 Å². The lowest BCUT2D eigenvalue weighted by Crippen LogP contribution is -1.82. The molecule has 3 heteroatoms. The second kappa shape index (κ2) is 3.43. The van der Waals surface area contributed by atoms with E-state index in [0.717, 1.165) is 5.56 Å². The molecule has 0 bridgehead atoms. The minimum atomic E-state index is 0.435. The number of halogens is 1. The average molecular weight is 144 g/mol. The minimum absolute atomic E-state index is 0.435. The largest absolute Gasteiger partial charge is 0.274 e. The lowest BCUT2D eigenvalue weighted by Gasteiger charge is -1.92. The molecule has 0 aliphatic rings. The number of hydrogen-bond acceptors (Lipinski definition) is 2. The Hall–Kier alpha value is -0.600. The summed E-state index contributed by atoms with van der Waals surface area (Å²) in [4.78, 5) is 3.83. The van der Waals surface area contributed by atoms with Crippen LogP contribution in [0.3, 0.4) is 0 Å². The lowest BCUT2D eigenvalue weighted by molar-refractivity contribution is 0.340. The van der Waals surface area contributed by atoms with Gasteiger partial charge in [0.15, 0.2) is 0 Å². The van der Waals surface area contributed by atoms with E-state index in [-0.39, 0.29) is 0 Å². The zero-order chi connectivity index (χ0) is 6.53. The first-order valence-corrected chi connectivity index (χ1v) is 2.87. The molecular weight excluding hydrogens is 138 g/mol. The predicted octanol–water partition coefficient (Wildman–Crippen LogP) is 1.75. The van der Waals surface area contributed by atoms with E-state index >= 15 is 0 Å². The van der Waals surface area contributed by atoms with E-state index in [9.17, 15) is 0 Å². The molecule has 1 heterocycles. The van der Waals surface area contributed by atoms with Gasteiger partial charge < -0.3 is 0 Å². The molecule has 0 fully saturated rings. The van der Waals surface area contributed by atoms with Crippen LogP contribution in [0, 0.1) is 0 Å². The molecule has 0 aliphatic carbocycles. The van der Waals surface area contributed by atoms with Gasteiger partial charge in [0.05, 0.1) is 18.5 Å². The third kappa shape index (κ3) is 2.00. The summed E-state index contributed by atoms with van der Waals surface area (Å²) >= 11 is 5.02. The Balaban J connectivity index is 2.61.